The van der Waals surface area contributed by atoms with Crippen molar-refractivity contribution in [1.29, 1.82) is 0 Å². The molecule has 0 aliphatic heterocycles. The molecule has 0 radical (unpaired) electrons. The van der Waals surface area contributed by atoms with Gasteiger partial charge in [0, 0.05) is 18.5 Å². The van der Waals surface area contributed by atoms with E-state index in [1.54, 1.807) is 33.9 Å². The van der Waals surface area contributed by atoms with E-state index in [-0.39, 0.29) is 6.54 Å². The molecule has 0 aliphatic rings. The maximum Gasteiger partial charge on any atom is 0.410 e. The van der Waals surface area contributed by atoms with Gasteiger partial charge in [0.15, 0.2) is 0 Å². The summed E-state index contributed by atoms with van der Waals surface area (Å²) in [4.78, 5) is 26.4. The fourth-order valence-corrected chi connectivity index (χ4v) is 3.43. The van der Waals surface area contributed by atoms with Gasteiger partial charge in [0.1, 0.15) is 5.60 Å². The van der Waals surface area contributed by atoms with E-state index in [1.165, 1.54) is 23.3 Å². The van der Waals surface area contributed by atoms with Gasteiger partial charge in [-0.1, -0.05) is 0 Å². The first kappa shape index (κ1) is 19.9. The highest BCUT2D eigenvalue weighted by molar-refractivity contribution is 9.11. The Morgan fingerprint density at radius 1 is 1.30 bits per heavy atom. The summed E-state index contributed by atoms with van der Waals surface area (Å²) in [6, 6.07) is 1.69. The van der Waals surface area contributed by atoms with Crippen LogP contribution in [0.3, 0.4) is 0 Å². The fraction of sp³-hybridized carbons (Fsp3) is 0.600. The maximum absolute atomic E-state index is 12.4. The van der Waals surface area contributed by atoms with Gasteiger partial charge in [0.25, 0.3) is 0 Å². The molecule has 1 heterocycles. The van der Waals surface area contributed by atoms with Crippen LogP contribution >= 0.6 is 27.3 Å². The molecule has 1 amide bonds. The lowest BCUT2D eigenvalue weighted by atomic mass is 10.2. The molecule has 0 spiro atoms. The van der Waals surface area contributed by atoms with Crippen LogP contribution in [0.1, 0.15) is 36.0 Å². The Bertz CT molecular complexity index is 553. The molecule has 0 saturated carbocycles. The minimum atomic E-state index is -0.594. The van der Waals surface area contributed by atoms with Gasteiger partial charge in [-0.05, 0) is 42.8 Å². The van der Waals surface area contributed by atoms with Gasteiger partial charge in [-0.2, -0.15) is 0 Å². The Balaban J connectivity index is 2.97. The fourth-order valence-electron chi connectivity index (χ4n) is 1.73. The number of hydrogen-bond acceptors (Lipinski definition) is 6. The van der Waals surface area contributed by atoms with Crippen molar-refractivity contribution < 1.29 is 23.8 Å². The Morgan fingerprint density at radius 3 is 2.48 bits per heavy atom. The first-order valence-electron chi connectivity index (χ1n) is 7.01. The number of halogens is 1. The summed E-state index contributed by atoms with van der Waals surface area (Å²) in [7, 11) is 2.89. The van der Waals surface area contributed by atoms with Crippen molar-refractivity contribution in [2.45, 2.75) is 32.9 Å². The van der Waals surface area contributed by atoms with Crippen molar-refractivity contribution in [1.82, 2.24) is 4.90 Å². The average Bonchev–Trinajstić information content (AvgIpc) is 2.81. The number of nitrogens with zero attached hydrogens (tertiary/aromatic N) is 1. The number of methoxy groups -OCH3 is 2. The minimum Gasteiger partial charge on any atom is -0.465 e. The average molecular weight is 408 g/mol. The van der Waals surface area contributed by atoms with Crippen molar-refractivity contribution in [2.24, 2.45) is 0 Å². The Hall–Kier alpha value is -1.12. The molecular formula is C15H22BrNO5S. The second-order valence-electron chi connectivity index (χ2n) is 5.77. The molecule has 130 valence electrons. The van der Waals surface area contributed by atoms with Crippen LogP contribution < -0.4 is 0 Å². The molecule has 1 aromatic rings. The summed E-state index contributed by atoms with van der Waals surface area (Å²) < 4.78 is 16.0. The second-order valence-corrected chi connectivity index (χ2v) is 8.29. The Kier molecular flexibility index (Phi) is 7.50. The number of esters is 1. The zero-order valence-electron chi connectivity index (χ0n) is 14.0. The molecule has 0 unspecified atom stereocenters. The van der Waals surface area contributed by atoms with E-state index in [0.717, 1.165) is 8.66 Å². The van der Waals surface area contributed by atoms with Gasteiger partial charge in [-0.3, -0.25) is 0 Å². The summed E-state index contributed by atoms with van der Waals surface area (Å²) >= 11 is 4.74. The van der Waals surface area contributed by atoms with Crippen LogP contribution in [0.5, 0.6) is 0 Å². The van der Waals surface area contributed by atoms with Gasteiger partial charge in [0.05, 0.1) is 29.6 Å². The zero-order valence-corrected chi connectivity index (χ0v) is 16.4. The van der Waals surface area contributed by atoms with Crippen molar-refractivity contribution in [3.8, 4) is 0 Å². The van der Waals surface area contributed by atoms with Gasteiger partial charge >= 0.3 is 12.1 Å². The van der Waals surface area contributed by atoms with Crippen LogP contribution in [0.4, 0.5) is 4.79 Å². The molecule has 6 nitrogen and oxygen atoms in total. The summed E-state index contributed by atoms with van der Waals surface area (Å²) in [5.74, 6) is -0.433. The molecule has 0 N–H and O–H groups in total. The molecule has 8 heteroatoms. The van der Waals surface area contributed by atoms with Crippen molar-refractivity contribution >= 4 is 39.3 Å². The molecular weight excluding hydrogens is 386 g/mol. The molecule has 1 aromatic heterocycles. The number of carbonyl (C=O) groups excluding carboxylic acids is 2. The molecule has 0 aromatic carbocycles. The van der Waals surface area contributed by atoms with Crippen LogP contribution in [0.25, 0.3) is 0 Å². The van der Waals surface area contributed by atoms with E-state index in [4.69, 9.17) is 14.2 Å². The van der Waals surface area contributed by atoms with Gasteiger partial charge in [-0.25, -0.2) is 9.59 Å². The van der Waals surface area contributed by atoms with Gasteiger partial charge in [-0.15, -0.1) is 11.3 Å². The second kappa shape index (κ2) is 8.65. The molecule has 0 bridgehead atoms. The predicted molar refractivity (Wildman–Crippen MR) is 91.9 cm³/mol. The first-order chi connectivity index (χ1) is 10.7. The lowest BCUT2D eigenvalue weighted by molar-refractivity contribution is 0.0184. The number of rotatable bonds is 6. The van der Waals surface area contributed by atoms with Crippen LogP contribution in [0.15, 0.2) is 9.85 Å². The van der Waals surface area contributed by atoms with Gasteiger partial charge < -0.3 is 19.1 Å². The quantitative estimate of drug-likeness (QED) is 0.672. The zero-order chi connectivity index (χ0) is 17.6. The highest BCUT2D eigenvalue weighted by Crippen LogP contribution is 2.29. The first-order valence-corrected chi connectivity index (χ1v) is 8.62. The minimum absolute atomic E-state index is 0.249. The van der Waals surface area contributed by atoms with Gasteiger partial charge in [0.2, 0.25) is 0 Å². The molecule has 1 rings (SSSR count). The van der Waals surface area contributed by atoms with Crippen molar-refractivity contribution in [2.75, 3.05) is 27.4 Å². The highest BCUT2D eigenvalue weighted by Gasteiger charge is 2.25. The third-order valence-electron chi connectivity index (χ3n) is 2.74. The largest absolute Gasteiger partial charge is 0.465 e. The van der Waals surface area contributed by atoms with Crippen LogP contribution in [0.2, 0.25) is 0 Å². The van der Waals surface area contributed by atoms with E-state index in [0.29, 0.717) is 18.7 Å². The van der Waals surface area contributed by atoms with Crippen molar-refractivity contribution in [3.05, 3.63) is 20.3 Å². The number of carbonyl (C=O) groups is 2. The molecule has 0 atom stereocenters. The summed E-state index contributed by atoms with van der Waals surface area (Å²) in [5, 5.41) is 0. The van der Waals surface area contributed by atoms with E-state index >= 15 is 0 Å². The van der Waals surface area contributed by atoms with E-state index in [2.05, 4.69) is 15.9 Å². The summed E-state index contributed by atoms with van der Waals surface area (Å²) in [6.45, 7) is 6.41. The SMILES string of the molecule is COCCN(Cc1sc(Br)cc1C(=O)OC)C(=O)OC(C)(C)C. The third kappa shape index (κ3) is 6.48. The Morgan fingerprint density at radius 2 is 1.96 bits per heavy atom. The van der Waals surface area contributed by atoms with E-state index in [9.17, 15) is 9.59 Å². The number of thiophene rings is 1. The highest BCUT2D eigenvalue weighted by atomic mass is 79.9. The standard InChI is InChI=1S/C15H22BrNO5S/c1-15(2,3)22-14(19)17(6-7-20-4)9-11-10(13(18)21-5)8-12(16)23-11/h8H,6-7,9H2,1-5H3. The molecule has 0 saturated heterocycles. The molecule has 23 heavy (non-hydrogen) atoms. The normalized spacial score (nSPS) is 11.2. The Labute approximate surface area is 148 Å². The number of ether oxygens (including phenoxy) is 3. The lowest BCUT2D eigenvalue weighted by Crippen LogP contribution is -2.38. The lowest BCUT2D eigenvalue weighted by Gasteiger charge is -2.27. The third-order valence-corrected chi connectivity index (χ3v) is 4.36. The summed E-state index contributed by atoms with van der Waals surface area (Å²) in [5.41, 5.74) is -0.153. The van der Waals surface area contributed by atoms with E-state index < -0.39 is 17.7 Å². The predicted octanol–water partition coefficient (Wildman–Crippen LogP) is 3.68. The van der Waals surface area contributed by atoms with E-state index in [1.807, 2.05) is 0 Å². The van der Waals surface area contributed by atoms with Crippen LogP contribution in [0, 0.1) is 0 Å². The molecule has 0 fully saturated rings. The number of hydrogen-bond donors (Lipinski definition) is 0. The summed E-state index contributed by atoms with van der Waals surface area (Å²) in [6.07, 6.45) is -0.449. The van der Waals surface area contributed by atoms with Crippen LogP contribution in [-0.2, 0) is 20.8 Å². The molecule has 0 aliphatic carbocycles. The van der Waals surface area contributed by atoms with Crippen LogP contribution in [-0.4, -0.2) is 49.9 Å². The topological polar surface area (TPSA) is 65.1 Å². The monoisotopic (exact) mass is 407 g/mol. The maximum atomic E-state index is 12.4. The van der Waals surface area contributed by atoms with Crippen molar-refractivity contribution in [3.63, 3.8) is 0 Å². The smallest absolute Gasteiger partial charge is 0.410 e. The number of amides is 1.